The molecule has 0 aliphatic carbocycles. The van der Waals surface area contributed by atoms with Gasteiger partial charge in [-0.2, -0.15) is 0 Å². The quantitative estimate of drug-likeness (QED) is 0.870. The van der Waals surface area contributed by atoms with Crippen molar-refractivity contribution in [2.45, 2.75) is 20.4 Å². The van der Waals surface area contributed by atoms with Crippen LogP contribution in [0.1, 0.15) is 16.7 Å². The minimum absolute atomic E-state index is 0.853. The highest BCUT2D eigenvalue weighted by Crippen LogP contribution is 2.22. The fraction of sp³-hybridized carbons (Fsp3) is 0.267. The van der Waals surface area contributed by atoms with Crippen molar-refractivity contribution < 1.29 is 0 Å². The van der Waals surface area contributed by atoms with Crippen molar-refractivity contribution in [2.75, 3.05) is 7.05 Å². The van der Waals surface area contributed by atoms with E-state index in [9.17, 15) is 0 Å². The molecule has 88 valence electrons. The summed E-state index contributed by atoms with van der Waals surface area (Å²) in [7, 11) is 1.95. The number of nitrogens with zero attached hydrogens (tertiary/aromatic N) is 1. The zero-order chi connectivity index (χ0) is 12.3. The van der Waals surface area contributed by atoms with Crippen molar-refractivity contribution in [3.63, 3.8) is 0 Å². The molecule has 2 aromatic rings. The van der Waals surface area contributed by atoms with Crippen LogP contribution in [-0.2, 0) is 6.54 Å². The van der Waals surface area contributed by atoms with E-state index in [1.807, 2.05) is 19.4 Å². The van der Waals surface area contributed by atoms with Gasteiger partial charge in [-0.05, 0) is 49.2 Å². The minimum Gasteiger partial charge on any atom is -0.316 e. The number of aryl methyl sites for hydroxylation is 2. The molecule has 17 heavy (non-hydrogen) atoms. The van der Waals surface area contributed by atoms with E-state index < -0.39 is 0 Å². The summed E-state index contributed by atoms with van der Waals surface area (Å²) in [6.45, 7) is 5.13. The van der Waals surface area contributed by atoms with Gasteiger partial charge in [-0.15, -0.1) is 0 Å². The summed E-state index contributed by atoms with van der Waals surface area (Å²) in [4.78, 5) is 4.29. The summed E-state index contributed by atoms with van der Waals surface area (Å²) in [5.41, 5.74) is 6.28. The zero-order valence-corrected chi connectivity index (χ0v) is 10.6. The van der Waals surface area contributed by atoms with Gasteiger partial charge < -0.3 is 5.32 Å². The van der Waals surface area contributed by atoms with Crippen LogP contribution in [0.5, 0.6) is 0 Å². The van der Waals surface area contributed by atoms with Crippen LogP contribution in [0.2, 0.25) is 0 Å². The Kier molecular flexibility index (Phi) is 3.55. The average Bonchev–Trinajstić information content (AvgIpc) is 2.33. The summed E-state index contributed by atoms with van der Waals surface area (Å²) in [6, 6.07) is 8.72. The van der Waals surface area contributed by atoms with Crippen molar-refractivity contribution in [1.29, 1.82) is 0 Å². The highest BCUT2D eigenvalue weighted by atomic mass is 14.8. The standard InChI is InChI=1S/C15H18N2/c1-11-4-5-14(6-12(11)2)15-7-13(8-16-3)9-17-10-15/h4-7,9-10,16H,8H2,1-3H3. The van der Waals surface area contributed by atoms with Crippen molar-refractivity contribution in [3.05, 3.63) is 53.3 Å². The first kappa shape index (κ1) is 11.8. The third-order valence-electron chi connectivity index (χ3n) is 3.02. The van der Waals surface area contributed by atoms with E-state index in [1.165, 1.54) is 27.8 Å². The summed E-state index contributed by atoms with van der Waals surface area (Å²) in [6.07, 6.45) is 3.82. The maximum Gasteiger partial charge on any atom is 0.0346 e. The van der Waals surface area contributed by atoms with Gasteiger partial charge in [0.1, 0.15) is 0 Å². The van der Waals surface area contributed by atoms with Gasteiger partial charge in [0.05, 0.1) is 0 Å². The van der Waals surface area contributed by atoms with Crippen molar-refractivity contribution >= 4 is 0 Å². The Morgan fingerprint density at radius 2 is 1.82 bits per heavy atom. The van der Waals surface area contributed by atoms with E-state index in [2.05, 4.69) is 48.4 Å². The summed E-state index contributed by atoms with van der Waals surface area (Å²) >= 11 is 0. The van der Waals surface area contributed by atoms with Crippen LogP contribution in [0.3, 0.4) is 0 Å². The monoisotopic (exact) mass is 226 g/mol. The highest BCUT2D eigenvalue weighted by Gasteiger charge is 2.01. The number of rotatable bonds is 3. The van der Waals surface area contributed by atoms with Crippen LogP contribution < -0.4 is 5.32 Å². The molecule has 1 aromatic carbocycles. The largest absolute Gasteiger partial charge is 0.316 e. The smallest absolute Gasteiger partial charge is 0.0346 e. The van der Waals surface area contributed by atoms with Crippen LogP contribution >= 0.6 is 0 Å². The molecule has 0 fully saturated rings. The van der Waals surface area contributed by atoms with Gasteiger partial charge in [-0.1, -0.05) is 18.2 Å². The summed E-state index contributed by atoms with van der Waals surface area (Å²) in [5, 5.41) is 3.14. The number of hydrogen-bond acceptors (Lipinski definition) is 2. The van der Waals surface area contributed by atoms with E-state index in [0.29, 0.717) is 0 Å². The third kappa shape index (κ3) is 2.71. The molecule has 1 aromatic heterocycles. The van der Waals surface area contributed by atoms with Gasteiger partial charge in [0.15, 0.2) is 0 Å². The molecular formula is C15H18N2. The van der Waals surface area contributed by atoms with Gasteiger partial charge in [0.25, 0.3) is 0 Å². The Labute approximate surface area is 103 Å². The molecule has 0 spiro atoms. The average molecular weight is 226 g/mol. The Hall–Kier alpha value is -1.67. The van der Waals surface area contributed by atoms with Crippen molar-refractivity contribution in [1.82, 2.24) is 10.3 Å². The normalized spacial score (nSPS) is 10.5. The molecule has 2 heteroatoms. The van der Waals surface area contributed by atoms with Crippen molar-refractivity contribution in [3.8, 4) is 11.1 Å². The lowest BCUT2D eigenvalue weighted by Crippen LogP contribution is -2.05. The molecule has 0 aliphatic heterocycles. The second-order valence-corrected chi connectivity index (χ2v) is 4.41. The first-order chi connectivity index (χ1) is 8.20. The van der Waals surface area contributed by atoms with E-state index in [4.69, 9.17) is 0 Å². The number of aromatic nitrogens is 1. The van der Waals surface area contributed by atoms with E-state index in [-0.39, 0.29) is 0 Å². The molecular weight excluding hydrogens is 208 g/mol. The van der Waals surface area contributed by atoms with Crippen LogP contribution in [0.15, 0.2) is 36.7 Å². The van der Waals surface area contributed by atoms with Gasteiger partial charge in [0.2, 0.25) is 0 Å². The van der Waals surface area contributed by atoms with Crippen LogP contribution in [0, 0.1) is 13.8 Å². The van der Waals surface area contributed by atoms with E-state index in [0.717, 1.165) is 6.54 Å². The number of benzene rings is 1. The zero-order valence-electron chi connectivity index (χ0n) is 10.6. The van der Waals surface area contributed by atoms with Crippen molar-refractivity contribution in [2.24, 2.45) is 0 Å². The maximum absolute atomic E-state index is 4.29. The van der Waals surface area contributed by atoms with Crippen LogP contribution in [-0.4, -0.2) is 12.0 Å². The molecule has 0 saturated carbocycles. The fourth-order valence-corrected chi connectivity index (χ4v) is 1.87. The molecule has 0 amide bonds. The predicted molar refractivity (Wildman–Crippen MR) is 71.9 cm³/mol. The van der Waals surface area contributed by atoms with Gasteiger partial charge >= 0.3 is 0 Å². The van der Waals surface area contributed by atoms with E-state index >= 15 is 0 Å². The molecule has 1 N–H and O–H groups in total. The SMILES string of the molecule is CNCc1cncc(-c2ccc(C)c(C)c2)c1. The lowest BCUT2D eigenvalue weighted by atomic mass is 10.0. The predicted octanol–water partition coefficient (Wildman–Crippen LogP) is 3.08. The maximum atomic E-state index is 4.29. The molecule has 0 bridgehead atoms. The van der Waals surface area contributed by atoms with Gasteiger partial charge in [0, 0.05) is 24.5 Å². The van der Waals surface area contributed by atoms with Gasteiger partial charge in [-0.25, -0.2) is 0 Å². The second kappa shape index (κ2) is 5.11. The summed E-state index contributed by atoms with van der Waals surface area (Å²) < 4.78 is 0. The van der Waals surface area contributed by atoms with Gasteiger partial charge in [-0.3, -0.25) is 4.98 Å². The first-order valence-corrected chi connectivity index (χ1v) is 5.87. The Morgan fingerprint density at radius 1 is 1.00 bits per heavy atom. The minimum atomic E-state index is 0.853. The Morgan fingerprint density at radius 3 is 2.53 bits per heavy atom. The lowest BCUT2D eigenvalue weighted by molar-refractivity contribution is 0.813. The molecule has 0 unspecified atom stereocenters. The lowest BCUT2D eigenvalue weighted by Gasteiger charge is -2.07. The van der Waals surface area contributed by atoms with Crippen LogP contribution in [0.4, 0.5) is 0 Å². The molecule has 1 heterocycles. The second-order valence-electron chi connectivity index (χ2n) is 4.41. The Balaban J connectivity index is 2.38. The van der Waals surface area contributed by atoms with Crippen LogP contribution in [0.25, 0.3) is 11.1 Å². The number of nitrogens with one attached hydrogen (secondary N) is 1. The fourth-order valence-electron chi connectivity index (χ4n) is 1.87. The number of hydrogen-bond donors (Lipinski definition) is 1. The molecule has 2 nitrogen and oxygen atoms in total. The third-order valence-corrected chi connectivity index (χ3v) is 3.02. The molecule has 0 radical (unpaired) electrons. The topological polar surface area (TPSA) is 24.9 Å². The first-order valence-electron chi connectivity index (χ1n) is 5.87. The molecule has 0 saturated heterocycles. The molecule has 0 aliphatic rings. The summed E-state index contributed by atoms with van der Waals surface area (Å²) in [5.74, 6) is 0. The Bertz CT molecular complexity index is 518. The van der Waals surface area contributed by atoms with E-state index in [1.54, 1.807) is 0 Å². The number of pyridine rings is 1. The highest BCUT2D eigenvalue weighted by molar-refractivity contribution is 5.64. The molecule has 0 atom stereocenters. The molecule has 2 rings (SSSR count).